The third-order valence-corrected chi connectivity index (χ3v) is 3.95. The first-order valence-corrected chi connectivity index (χ1v) is 8.20. The smallest absolute Gasteiger partial charge is 0.444 e. The first kappa shape index (κ1) is 18.2. The van der Waals surface area contributed by atoms with Crippen molar-refractivity contribution in [2.75, 3.05) is 18.0 Å². The van der Waals surface area contributed by atoms with Gasteiger partial charge in [-0.05, 0) is 39.3 Å². The highest BCUT2D eigenvalue weighted by atomic mass is 19.3. The molecule has 2 aliphatic heterocycles. The van der Waals surface area contributed by atoms with Crippen molar-refractivity contribution in [3.05, 3.63) is 17.7 Å². The minimum atomic E-state index is -3.79. The normalized spacial score (nSPS) is 20.8. The molecular formula is C17H20F2N2O5. The molecule has 2 heterocycles. The van der Waals surface area contributed by atoms with Crippen LogP contribution in [0, 0.1) is 0 Å². The van der Waals surface area contributed by atoms with Crippen LogP contribution < -0.4 is 19.7 Å². The molecule has 1 N–H and O–H groups in total. The second kappa shape index (κ2) is 6.30. The van der Waals surface area contributed by atoms with Gasteiger partial charge in [0.2, 0.25) is 0 Å². The van der Waals surface area contributed by atoms with Gasteiger partial charge in [-0.25, -0.2) is 4.79 Å². The van der Waals surface area contributed by atoms with Crippen molar-refractivity contribution in [2.45, 2.75) is 45.1 Å². The van der Waals surface area contributed by atoms with Crippen LogP contribution in [-0.2, 0) is 4.74 Å². The monoisotopic (exact) mass is 370 g/mol. The summed E-state index contributed by atoms with van der Waals surface area (Å²) in [5, 5.41) is 2.77. The van der Waals surface area contributed by atoms with Crippen LogP contribution in [-0.4, -0.2) is 43.4 Å². The number of alkyl halides is 2. The van der Waals surface area contributed by atoms with Gasteiger partial charge in [0.25, 0.3) is 0 Å². The molecule has 3 rings (SSSR count). The van der Waals surface area contributed by atoms with Crippen molar-refractivity contribution in [1.82, 2.24) is 5.32 Å². The van der Waals surface area contributed by atoms with E-state index in [4.69, 9.17) is 4.74 Å². The second-order valence-electron chi connectivity index (χ2n) is 7.19. The molecule has 0 aromatic heterocycles. The van der Waals surface area contributed by atoms with E-state index in [-0.39, 0.29) is 23.1 Å². The number of benzene rings is 1. The van der Waals surface area contributed by atoms with E-state index in [0.29, 0.717) is 31.5 Å². The van der Waals surface area contributed by atoms with E-state index in [1.54, 1.807) is 20.8 Å². The van der Waals surface area contributed by atoms with Crippen LogP contribution in [0.4, 0.5) is 19.3 Å². The number of halogens is 2. The van der Waals surface area contributed by atoms with Gasteiger partial charge in [0.05, 0.1) is 17.3 Å². The summed E-state index contributed by atoms with van der Waals surface area (Å²) >= 11 is 0. The number of ether oxygens (including phenoxy) is 3. The van der Waals surface area contributed by atoms with Crippen LogP contribution in [0.2, 0.25) is 0 Å². The lowest BCUT2D eigenvalue weighted by atomic mass is 10.1. The van der Waals surface area contributed by atoms with Gasteiger partial charge in [0, 0.05) is 13.1 Å². The first-order valence-electron chi connectivity index (χ1n) is 8.20. The number of carbonyl (C=O) groups is 2. The molecule has 0 aliphatic carbocycles. The summed E-state index contributed by atoms with van der Waals surface area (Å²) in [5.41, 5.74) is -0.151. The first-order chi connectivity index (χ1) is 12.1. The third-order valence-electron chi connectivity index (χ3n) is 3.95. The molecule has 7 nitrogen and oxygen atoms in total. The Bertz CT molecular complexity index is 733. The zero-order valence-corrected chi connectivity index (χ0v) is 14.7. The third kappa shape index (κ3) is 3.81. The minimum absolute atomic E-state index is 0.00223. The fourth-order valence-corrected chi connectivity index (χ4v) is 2.98. The Kier molecular flexibility index (Phi) is 4.41. The maximum atomic E-state index is 13.3. The number of alkyl carbamates (subject to hydrolysis) is 1. The van der Waals surface area contributed by atoms with Crippen LogP contribution in [0.3, 0.4) is 0 Å². The molecule has 1 aromatic carbocycles. The molecule has 1 aromatic rings. The predicted octanol–water partition coefficient (Wildman–Crippen LogP) is 2.92. The Hall–Kier alpha value is -2.58. The number of fused-ring (bicyclic) bond motifs is 1. The van der Waals surface area contributed by atoms with Gasteiger partial charge in [0.1, 0.15) is 5.60 Å². The number of hydrogen-bond donors (Lipinski definition) is 1. The maximum Gasteiger partial charge on any atom is 0.586 e. The van der Waals surface area contributed by atoms with E-state index in [2.05, 4.69) is 14.8 Å². The van der Waals surface area contributed by atoms with Crippen molar-refractivity contribution in [1.29, 1.82) is 0 Å². The Morgan fingerprint density at radius 3 is 2.77 bits per heavy atom. The van der Waals surface area contributed by atoms with Gasteiger partial charge >= 0.3 is 12.4 Å². The fraction of sp³-hybridized carbons (Fsp3) is 0.529. The van der Waals surface area contributed by atoms with Gasteiger partial charge < -0.3 is 24.4 Å². The van der Waals surface area contributed by atoms with E-state index in [9.17, 15) is 18.4 Å². The lowest BCUT2D eigenvalue weighted by Crippen LogP contribution is -2.40. The van der Waals surface area contributed by atoms with E-state index in [1.807, 2.05) is 4.90 Å². The topological polar surface area (TPSA) is 77.1 Å². The molecule has 1 saturated heterocycles. The van der Waals surface area contributed by atoms with E-state index >= 15 is 0 Å². The zero-order valence-electron chi connectivity index (χ0n) is 14.7. The average molecular weight is 370 g/mol. The molecule has 142 valence electrons. The highest BCUT2D eigenvalue weighted by Gasteiger charge is 2.45. The zero-order chi connectivity index (χ0) is 19.1. The molecule has 0 saturated carbocycles. The summed E-state index contributed by atoms with van der Waals surface area (Å²) in [5.74, 6) is -0.450. The molecule has 2 aliphatic rings. The molecule has 1 fully saturated rings. The summed E-state index contributed by atoms with van der Waals surface area (Å²) in [4.78, 5) is 25.2. The highest BCUT2D eigenvalue weighted by Crippen LogP contribution is 2.46. The summed E-state index contributed by atoms with van der Waals surface area (Å²) in [6.45, 7) is 6.26. The number of nitrogens with zero attached hydrogens (tertiary/aromatic N) is 1. The van der Waals surface area contributed by atoms with Crippen molar-refractivity contribution in [3.63, 3.8) is 0 Å². The van der Waals surface area contributed by atoms with Crippen LogP contribution in [0.5, 0.6) is 11.5 Å². The number of amides is 1. The van der Waals surface area contributed by atoms with Crippen LogP contribution in [0.15, 0.2) is 12.1 Å². The van der Waals surface area contributed by atoms with Crippen molar-refractivity contribution < 1.29 is 32.6 Å². The van der Waals surface area contributed by atoms with Gasteiger partial charge in [-0.2, -0.15) is 0 Å². The number of carbonyl (C=O) groups excluding carboxylic acids is 2. The molecule has 1 amide bonds. The Morgan fingerprint density at radius 2 is 2.12 bits per heavy atom. The molecule has 0 radical (unpaired) electrons. The minimum Gasteiger partial charge on any atom is -0.444 e. The lowest BCUT2D eigenvalue weighted by Gasteiger charge is -2.23. The molecule has 1 atom stereocenters. The summed E-state index contributed by atoms with van der Waals surface area (Å²) in [6.07, 6.45) is -3.22. The highest BCUT2D eigenvalue weighted by molar-refractivity contribution is 5.90. The summed E-state index contributed by atoms with van der Waals surface area (Å²) in [7, 11) is 0. The number of nitrogens with one attached hydrogen (secondary N) is 1. The van der Waals surface area contributed by atoms with Crippen LogP contribution in [0.25, 0.3) is 0 Å². The quantitative estimate of drug-likeness (QED) is 0.825. The molecule has 0 bridgehead atoms. The summed E-state index contributed by atoms with van der Waals surface area (Å²) in [6, 6.07) is 2.69. The van der Waals surface area contributed by atoms with Crippen molar-refractivity contribution >= 4 is 18.1 Å². The number of hydrogen-bond acceptors (Lipinski definition) is 6. The van der Waals surface area contributed by atoms with E-state index in [1.165, 1.54) is 12.1 Å². The largest absolute Gasteiger partial charge is 0.586 e. The van der Waals surface area contributed by atoms with Crippen LogP contribution >= 0.6 is 0 Å². The standard InChI is InChI=1S/C17H20F2N2O5/c1-16(2,3)26-15(23)20-10-6-7-21(8-10)12-4-5-13-14(11(12)9-22)25-17(18,19)24-13/h4-5,9-10H,6-8H2,1-3H3,(H,20,23). The van der Waals surface area contributed by atoms with Crippen molar-refractivity contribution in [3.8, 4) is 11.5 Å². The Labute approximate surface area is 149 Å². The van der Waals surface area contributed by atoms with Crippen LogP contribution in [0.1, 0.15) is 37.6 Å². The number of anilines is 1. The number of rotatable bonds is 3. The summed E-state index contributed by atoms with van der Waals surface area (Å²) < 4.78 is 40.6. The Balaban J connectivity index is 1.72. The molecule has 1 unspecified atom stereocenters. The Morgan fingerprint density at radius 1 is 1.38 bits per heavy atom. The average Bonchev–Trinajstić information content (AvgIpc) is 3.06. The molecule has 0 spiro atoms. The van der Waals surface area contributed by atoms with Gasteiger partial charge in [-0.15, -0.1) is 8.78 Å². The molecule has 26 heavy (non-hydrogen) atoms. The van der Waals surface area contributed by atoms with Gasteiger partial charge in [0.15, 0.2) is 17.8 Å². The molecular weight excluding hydrogens is 350 g/mol. The van der Waals surface area contributed by atoms with Gasteiger partial charge in [-0.3, -0.25) is 4.79 Å². The molecule has 9 heteroatoms. The second-order valence-corrected chi connectivity index (χ2v) is 7.19. The van der Waals surface area contributed by atoms with E-state index in [0.717, 1.165) is 0 Å². The SMILES string of the molecule is CC(C)(C)OC(=O)NC1CCN(c2ccc3c(c2C=O)OC(F)(F)O3)C1. The fourth-order valence-electron chi connectivity index (χ4n) is 2.98. The lowest BCUT2D eigenvalue weighted by molar-refractivity contribution is -0.286. The van der Waals surface area contributed by atoms with Crippen molar-refractivity contribution in [2.24, 2.45) is 0 Å². The number of aldehydes is 1. The van der Waals surface area contributed by atoms with Gasteiger partial charge in [-0.1, -0.05) is 0 Å². The maximum absolute atomic E-state index is 13.3. The predicted molar refractivity (Wildman–Crippen MR) is 88.0 cm³/mol. The van der Waals surface area contributed by atoms with E-state index < -0.39 is 18.0 Å².